The summed E-state index contributed by atoms with van der Waals surface area (Å²) in [5.41, 5.74) is 1.21. The monoisotopic (exact) mass is 194 g/mol. The Hall–Kier alpha value is -1.09. The van der Waals surface area contributed by atoms with Crippen LogP contribution in [-0.4, -0.2) is 23.2 Å². The molecule has 0 spiro atoms. The van der Waals surface area contributed by atoms with Crippen LogP contribution in [0.25, 0.3) is 0 Å². The molecule has 0 saturated heterocycles. The molecule has 1 rings (SSSR count). The molecule has 1 unspecified atom stereocenters. The maximum Gasteiger partial charge on any atom is 0.126 e. The van der Waals surface area contributed by atoms with E-state index in [4.69, 9.17) is 5.11 Å². The number of rotatable bonds is 5. The van der Waals surface area contributed by atoms with Gasteiger partial charge in [-0.2, -0.15) is 0 Å². The minimum atomic E-state index is 0.254. The number of anilines is 1. The molecule has 0 radical (unpaired) electrons. The topological polar surface area (TPSA) is 45.2 Å². The van der Waals surface area contributed by atoms with Crippen molar-refractivity contribution in [2.75, 3.05) is 18.5 Å². The van der Waals surface area contributed by atoms with E-state index >= 15 is 0 Å². The Kier molecular flexibility index (Phi) is 4.40. The molecule has 1 aromatic heterocycles. The number of nitrogens with one attached hydrogen (secondary N) is 1. The highest BCUT2D eigenvalue weighted by molar-refractivity contribution is 5.36. The third-order valence-electron chi connectivity index (χ3n) is 2.17. The summed E-state index contributed by atoms with van der Waals surface area (Å²) in [7, 11) is 0. The number of hydrogen-bond acceptors (Lipinski definition) is 3. The highest BCUT2D eigenvalue weighted by atomic mass is 16.3. The molecule has 3 nitrogen and oxygen atoms in total. The van der Waals surface area contributed by atoms with Gasteiger partial charge in [-0.15, -0.1) is 0 Å². The van der Waals surface area contributed by atoms with Gasteiger partial charge >= 0.3 is 0 Å². The van der Waals surface area contributed by atoms with Gasteiger partial charge in [0.25, 0.3) is 0 Å². The van der Waals surface area contributed by atoms with E-state index in [9.17, 15) is 0 Å². The van der Waals surface area contributed by atoms with Crippen molar-refractivity contribution in [3.05, 3.63) is 23.9 Å². The van der Waals surface area contributed by atoms with Gasteiger partial charge in [0, 0.05) is 19.3 Å². The largest absolute Gasteiger partial charge is 0.396 e. The van der Waals surface area contributed by atoms with Gasteiger partial charge in [-0.25, -0.2) is 4.98 Å². The fourth-order valence-corrected chi connectivity index (χ4v) is 1.23. The van der Waals surface area contributed by atoms with Crippen molar-refractivity contribution in [3.63, 3.8) is 0 Å². The summed E-state index contributed by atoms with van der Waals surface area (Å²) in [6, 6.07) is 3.99. The molecule has 0 fully saturated rings. The van der Waals surface area contributed by atoms with Crippen LogP contribution in [0.3, 0.4) is 0 Å². The summed E-state index contributed by atoms with van der Waals surface area (Å²) in [4.78, 5) is 4.20. The second-order valence-corrected chi connectivity index (χ2v) is 3.72. The smallest absolute Gasteiger partial charge is 0.126 e. The van der Waals surface area contributed by atoms with Crippen molar-refractivity contribution in [2.45, 2.75) is 20.3 Å². The lowest BCUT2D eigenvalue weighted by Gasteiger charge is -2.11. The first-order valence-corrected chi connectivity index (χ1v) is 4.99. The molecule has 1 heterocycles. The average molecular weight is 194 g/mol. The number of pyridine rings is 1. The third-order valence-corrected chi connectivity index (χ3v) is 2.17. The minimum absolute atomic E-state index is 0.254. The Balaban J connectivity index is 2.37. The van der Waals surface area contributed by atoms with Crippen molar-refractivity contribution in [1.29, 1.82) is 0 Å². The number of aromatic nitrogens is 1. The molecular formula is C11H18N2O. The molecule has 0 aliphatic carbocycles. The first kappa shape index (κ1) is 11.0. The van der Waals surface area contributed by atoms with Gasteiger partial charge in [0.1, 0.15) is 5.82 Å². The first-order chi connectivity index (χ1) is 6.72. The van der Waals surface area contributed by atoms with Crippen molar-refractivity contribution >= 4 is 5.82 Å². The van der Waals surface area contributed by atoms with Crippen molar-refractivity contribution in [1.82, 2.24) is 4.98 Å². The Morgan fingerprint density at radius 1 is 1.57 bits per heavy atom. The molecule has 0 aromatic carbocycles. The molecule has 3 heteroatoms. The molecule has 0 amide bonds. The van der Waals surface area contributed by atoms with Gasteiger partial charge in [-0.05, 0) is 37.0 Å². The Bertz CT molecular complexity index is 276. The van der Waals surface area contributed by atoms with Crippen LogP contribution in [-0.2, 0) is 0 Å². The van der Waals surface area contributed by atoms with Crippen LogP contribution < -0.4 is 5.32 Å². The van der Waals surface area contributed by atoms with Crippen LogP contribution in [0.15, 0.2) is 18.3 Å². The van der Waals surface area contributed by atoms with Gasteiger partial charge in [-0.1, -0.05) is 6.92 Å². The summed E-state index contributed by atoms with van der Waals surface area (Å²) >= 11 is 0. The van der Waals surface area contributed by atoms with E-state index in [2.05, 4.69) is 17.2 Å². The molecule has 0 aliphatic rings. The van der Waals surface area contributed by atoms with E-state index in [1.54, 1.807) is 6.20 Å². The Morgan fingerprint density at radius 2 is 2.36 bits per heavy atom. The van der Waals surface area contributed by atoms with Crippen LogP contribution in [0.5, 0.6) is 0 Å². The fraction of sp³-hybridized carbons (Fsp3) is 0.545. The Labute approximate surface area is 85.2 Å². The number of hydrogen-bond donors (Lipinski definition) is 2. The molecule has 1 atom stereocenters. The maximum absolute atomic E-state index is 8.73. The van der Waals surface area contributed by atoms with E-state index < -0.39 is 0 Å². The van der Waals surface area contributed by atoms with Gasteiger partial charge in [0.05, 0.1) is 0 Å². The summed E-state index contributed by atoms with van der Waals surface area (Å²) < 4.78 is 0. The summed E-state index contributed by atoms with van der Waals surface area (Å²) in [6.45, 7) is 5.27. The Morgan fingerprint density at radius 3 is 3.00 bits per heavy atom. The van der Waals surface area contributed by atoms with Gasteiger partial charge in [0.2, 0.25) is 0 Å². The molecule has 2 N–H and O–H groups in total. The van der Waals surface area contributed by atoms with Crippen LogP contribution in [0, 0.1) is 12.8 Å². The molecule has 78 valence electrons. The maximum atomic E-state index is 8.73. The van der Waals surface area contributed by atoms with E-state index in [0.717, 1.165) is 18.8 Å². The number of aliphatic hydroxyl groups excluding tert-OH is 1. The van der Waals surface area contributed by atoms with Crippen LogP contribution in [0.1, 0.15) is 18.9 Å². The first-order valence-electron chi connectivity index (χ1n) is 4.99. The van der Waals surface area contributed by atoms with Crippen LogP contribution in [0.2, 0.25) is 0 Å². The van der Waals surface area contributed by atoms with Gasteiger partial charge in [-0.3, -0.25) is 0 Å². The zero-order valence-corrected chi connectivity index (χ0v) is 8.83. The lowest BCUT2D eigenvalue weighted by atomic mass is 10.1. The SMILES string of the molecule is Cc1ccnc(NCC(C)CCO)c1. The van der Waals surface area contributed by atoms with Crippen LogP contribution in [0.4, 0.5) is 5.82 Å². The average Bonchev–Trinajstić information content (AvgIpc) is 2.15. The molecule has 0 aliphatic heterocycles. The van der Waals surface area contributed by atoms with E-state index in [-0.39, 0.29) is 6.61 Å². The van der Waals surface area contributed by atoms with Gasteiger partial charge in [0.15, 0.2) is 0 Å². The summed E-state index contributed by atoms with van der Waals surface area (Å²) in [6.07, 6.45) is 2.63. The fourth-order valence-electron chi connectivity index (χ4n) is 1.23. The molecular weight excluding hydrogens is 176 g/mol. The molecule has 14 heavy (non-hydrogen) atoms. The number of aliphatic hydroxyl groups is 1. The second kappa shape index (κ2) is 5.60. The zero-order chi connectivity index (χ0) is 10.4. The van der Waals surface area contributed by atoms with E-state index in [0.29, 0.717) is 5.92 Å². The number of aryl methyl sites for hydroxylation is 1. The standard InChI is InChI=1S/C11H18N2O/c1-9-3-5-12-11(7-9)13-8-10(2)4-6-14/h3,5,7,10,14H,4,6,8H2,1-2H3,(H,12,13). The van der Waals surface area contributed by atoms with Crippen molar-refractivity contribution < 1.29 is 5.11 Å². The lowest BCUT2D eigenvalue weighted by Crippen LogP contribution is -2.13. The van der Waals surface area contributed by atoms with E-state index in [1.807, 2.05) is 19.1 Å². The highest BCUT2D eigenvalue weighted by Crippen LogP contribution is 2.07. The normalized spacial score (nSPS) is 12.5. The lowest BCUT2D eigenvalue weighted by molar-refractivity contribution is 0.266. The molecule has 1 aromatic rings. The van der Waals surface area contributed by atoms with Crippen molar-refractivity contribution in [2.24, 2.45) is 5.92 Å². The highest BCUT2D eigenvalue weighted by Gasteiger charge is 2.01. The zero-order valence-electron chi connectivity index (χ0n) is 8.83. The van der Waals surface area contributed by atoms with Crippen molar-refractivity contribution in [3.8, 4) is 0 Å². The van der Waals surface area contributed by atoms with Crippen LogP contribution >= 0.6 is 0 Å². The molecule has 0 saturated carbocycles. The summed E-state index contributed by atoms with van der Waals surface area (Å²) in [5.74, 6) is 1.39. The quantitative estimate of drug-likeness (QED) is 0.751. The van der Waals surface area contributed by atoms with E-state index in [1.165, 1.54) is 5.56 Å². The van der Waals surface area contributed by atoms with Gasteiger partial charge < -0.3 is 10.4 Å². The summed E-state index contributed by atoms with van der Waals surface area (Å²) in [5, 5.41) is 12.0. The third kappa shape index (κ3) is 3.75. The predicted molar refractivity (Wildman–Crippen MR) is 58.3 cm³/mol. The molecule has 0 bridgehead atoms. The number of nitrogens with zero attached hydrogens (tertiary/aromatic N) is 1. The predicted octanol–water partition coefficient (Wildman–Crippen LogP) is 1.82. The minimum Gasteiger partial charge on any atom is -0.396 e. The second-order valence-electron chi connectivity index (χ2n) is 3.72.